The van der Waals surface area contributed by atoms with Gasteiger partial charge in [0.15, 0.2) is 0 Å². The highest BCUT2D eigenvalue weighted by Crippen LogP contribution is 2.12. The van der Waals surface area contributed by atoms with Crippen LogP contribution >= 0.6 is 0 Å². The van der Waals surface area contributed by atoms with E-state index in [4.69, 9.17) is 4.74 Å². The molecule has 0 fully saturated rings. The molecule has 0 bridgehead atoms. The quantitative estimate of drug-likeness (QED) is 0.394. The Morgan fingerprint density at radius 1 is 0.792 bits per heavy atom. The molecule has 0 aliphatic carbocycles. The van der Waals surface area contributed by atoms with E-state index in [0.717, 1.165) is 22.3 Å². The smallest absolute Gasteiger partial charge is 0.329 e. The van der Waals surface area contributed by atoms with Gasteiger partial charge in [-0.3, -0.25) is 4.98 Å². The Balaban J connectivity index is 1.64. The van der Waals surface area contributed by atoms with Gasteiger partial charge in [-0.25, -0.2) is 0 Å². The van der Waals surface area contributed by atoms with Crippen molar-refractivity contribution in [2.24, 2.45) is 0 Å². The number of nitrogens with zero attached hydrogens (tertiary/aromatic N) is 3. The van der Waals surface area contributed by atoms with E-state index in [1.54, 1.807) is 12.4 Å². The molecule has 0 aliphatic heterocycles. The van der Waals surface area contributed by atoms with Gasteiger partial charge in [-0.2, -0.15) is 4.79 Å². The first kappa shape index (κ1) is 15.8. The third kappa shape index (κ3) is 4.02. The summed E-state index contributed by atoms with van der Waals surface area (Å²) in [6.45, 7) is 1.08. The van der Waals surface area contributed by atoms with Gasteiger partial charge in [-0.1, -0.05) is 30.3 Å². The number of hydrogen-bond acceptors (Lipinski definition) is 2. The maximum absolute atomic E-state index is 9.33. The van der Waals surface area contributed by atoms with Crippen molar-refractivity contribution in [2.75, 3.05) is 0 Å². The Morgan fingerprint density at radius 3 is 2.00 bits per heavy atom. The van der Waals surface area contributed by atoms with Gasteiger partial charge >= 0.3 is 5.71 Å². The minimum Gasteiger partial charge on any atom is -0.372 e. The van der Waals surface area contributed by atoms with Crippen molar-refractivity contribution >= 4 is 5.71 Å². The molecule has 3 rings (SSSR count). The summed E-state index contributed by atoms with van der Waals surface area (Å²) < 4.78 is 5.71. The van der Waals surface area contributed by atoms with Crippen molar-refractivity contribution in [1.82, 2.24) is 4.98 Å². The molecule has 0 atom stereocenters. The number of aromatic nitrogens is 1. The molecule has 4 heteroatoms. The number of rotatable bonds is 6. The fraction of sp³-hybridized carbons (Fsp3) is 0.100. The van der Waals surface area contributed by atoms with Gasteiger partial charge in [0.1, 0.15) is 0 Å². The van der Waals surface area contributed by atoms with Crippen LogP contribution in [0.15, 0.2) is 79.1 Å². The standard InChI is InChI=1S/C20H17N3O/c21-23-20(18-4-2-1-3-5-18)19-8-6-16(7-9-19)14-24-15-17-10-12-22-13-11-17/h1-13H,14-15H2. The molecule has 0 aliphatic rings. The van der Waals surface area contributed by atoms with Crippen LogP contribution in [0.5, 0.6) is 0 Å². The predicted molar refractivity (Wildman–Crippen MR) is 92.4 cm³/mol. The van der Waals surface area contributed by atoms with Crippen LogP contribution in [0.4, 0.5) is 0 Å². The molecule has 0 amide bonds. The summed E-state index contributed by atoms with van der Waals surface area (Å²) in [5.74, 6) is 0. The second-order valence-electron chi connectivity index (χ2n) is 5.36. The van der Waals surface area contributed by atoms with Crippen LogP contribution in [0.25, 0.3) is 5.53 Å². The van der Waals surface area contributed by atoms with E-state index in [-0.39, 0.29) is 0 Å². The zero-order valence-corrected chi connectivity index (χ0v) is 13.2. The summed E-state index contributed by atoms with van der Waals surface area (Å²) in [5.41, 5.74) is 13.8. The average Bonchev–Trinajstić information content (AvgIpc) is 2.65. The fourth-order valence-corrected chi connectivity index (χ4v) is 2.40. The van der Waals surface area contributed by atoms with Crippen LogP contribution in [0.3, 0.4) is 0 Å². The summed E-state index contributed by atoms with van der Waals surface area (Å²) >= 11 is 0. The molecule has 0 radical (unpaired) electrons. The zero-order chi connectivity index (χ0) is 16.6. The average molecular weight is 315 g/mol. The Bertz CT molecular complexity index is 824. The lowest BCUT2D eigenvalue weighted by Crippen LogP contribution is -2.04. The van der Waals surface area contributed by atoms with Crippen LogP contribution in [0.1, 0.15) is 22.3 Å². The van der Waals surface area contributed by atoms with Crippen molar-refractivity contribution in [2.45, 2.75) is 13.2 Å². The summed E-state index contributed by atoms with van der Waals surface area (Å²) in [6.07, 6.45) is 3.51. The number of hydrogen-bond donors (Lipinski definition) is 0. The first-order valence-corrected chi connectivity index (χ1v) is 7.70. The summed E-state index contributed by atoms with van der Waals surface area (Å²) in [7, 11) is 0. The Labute approximate surface area is 141 Å². The molecule has 1 aromatic heterocycles. The summed E-state index contributed by atoms with van der Waals surface area (Å²) in [5, 5.41) is 0. The van der Waals surface area contributed by atoms with E-state index in [2.05, 4.69) is 9.77 Å². The number of ether oxygens (including phenoxy) is 1. The van der Waals surface area contributed by atoms with Crippen molar-refractivity contribution in [1.29, 1.82) is 0 Å². The van der Waals surface area contributed by atoms with Gasteiger partial charge in [0.2, 0.25) is 0 Å². The molecule has 1 heterocycles. The Kier molecular flexibility index (Phi) is 5.25. The van der Waals surface area contributed by atoms with Crippen LogP contribution < -0.4 is 0 Å². The first-order valence-electron chi connectivity index (χ1n) is 7.70. The third-order valence-corrected chi connectivity index (χ3v) is 3.66. The van der Waals surface area contributed by atoms with Gasteiger partial charge in [0.05, 0.1) is 24.3 Å². The molecule has 4 nitrogen and oxygen atoms in total. The van der Waals surface area contributed by atoms with E-state index in [0.29, 0.717) is 18.9 Å². The molecular weight excluding hydrogens is 298 g/mol. The van der Waals surface area contributed by atoms with Crippen molar-refractivity contribution in [3.63, 3.8) is 0 Å². The molecule has 0 saturated carbocycles. The van der Waals surface area contributed by atoms with Crippen LogP contribution in [-0.2, 0) is 18.0 Å². The topological polar surface area (TPSA) is 58.5 Å². The Hall–Kier alpha value is -3.07. The highest BCUT2D eigenvalue weighted by Gasteiger charge is 2.14. The largest absolute Gasteiger partial charge is 0.372 e. The number of benzene rings is 2. The lowest BCUT2D eigenvalue weighted by Gasteiger charge is -2.05. The molecule has 0 spiro atoms. The number of pyridine rings is 1. The monoisotopic (exact) mass is 315 g/mol. The van der Waals surface area contributed by atoms with E-state index in [9.17, 15) is 5.53 Å². The Morgan fingerprint density at radius 2 is 1.38 bits per heavy atom. The predicted octanol–water partition coefficient (Wildman–Crippen LogP) is 3.87. The highest BCUT2D eigenvalue weighted by molar-refractivity contribution is 6.09. The van der Waals surface area contributed by atoms with Gasteiger partial charge in [0, 0.05) is 12.4 Å². The SMILES string of the molecule is [N-]=[N+]=C(c1ccccc1)c1ccc(COCc2ccncc2)cc1. The van der Waals surface area contributed by atoms with E-state index >= 15 is 0 Å². The van der Waals surface area contributed by atoms with Crippen LogP contribution in [-0.4, -0.2) is 15.5 Å². The third-order valence-electron chi connectivity index (χ3n) is 3.66. The van der Waals surface area contributed by atoms with Crippen molar-refractivity contribution < 1.29 is 9.53 Å². The van der Waals surface area contributed by atoms with Crippen molar-refractivity contribution in [3.05, 3.63) is 107 Å². The normalized spacial score (nSPS) is 10.2. The molecule has 0 saturated heterocycles. The van der Waals surface area contributed by atoms with E-state index in [1.807, 2.05) is 66.7 Å². The summed E-state index contributed by atoms with van der Waals surface area (Å²) in [6, 6.07) is 21.3. The van der Waals surface area contributed by atoms with Crippen LogP contribution in [0, 0.1) is 0 Å². The second kappa shape index (κ2) is 7.97. The van der Waals surface area contributed by atoms with Gasteiger partial charge in [-0.05, 0) is 47.5 Å². The molecule has 24 heavy (non-hydrogen) atoms. The van der Waals surface area contributed by atoms with E-state index in [1.165, 1.54) is 0 Å². The van der Waals surface area contributed by atoms with Gasteiger partial charge in [0.25, 0.3) is 0 Å². The molecule has 0 N–H and O–H groups in total. The maximum Gasteiger partial charge on any atom is 0.329 e. The zero-order valence-electron chi connectivity index (χ0n) is 13.2. The highest BCUT2D eigenvalue weighted by atomic mass is 16.5. The van der Waals surface area contributed by atoms with E-state index < -0.39 is 0 Å². The first-order chi connectivity index (χ1) is 11.9. The van der Waals surface area contributed by atoms with Gasteiger partial charge in [-0.15, -0.1) is 0 Å². The van der Waals surface area contributed by atoms with Gasteiger partial charge < -0.3 is 10.3 Å². The lowest BCUT2D eigenvalue weighted by molar-refractivity contribution is -0.00279. The molecule has 118 valence electrons. The second-order valence-corrected chi connectivity index (χ2v) is 5.36. The van der Waals surface area contributed by atoms with Crippen LogP contribution in [0.2, 0.25) is 0 Å². The maximum atomic E-state index is 9.33. The van der Waals surface area contributed by atoms with Crippen molar-refractivity contribution in [3.8, 4) is 0 Å². The molecule has 2 aromatic carbocycles. The molecule has 0 unspecified atom stereocenters. The molecule has 3 aromatic rings. The fourth-order valence-electron chi connectivity index (χ4n) is 2.40. The minimum absolute atomic E-state index is 0.527. The molecular formula is C20H17N3O. The minimum atomic E-state index is 0.527. The lowest BCUT2D eigenvalue weighted by atomic mass is 10.0. The summed E-state index contributed by atoms with van der Waals surface area (Å²) in [4.78, 5) is 7.42.